The minimum absolute atomic E-state index is 0.271. The van der Waals surface area contributed by atoms with Crippen LogP contribution in [0, 0.1) is 12.7 Å². The van der Waals surface area contributed by atoms with Crippen molar-refractivity contribution in [3.05, 3.63) is 35.9 Å². The van der Waals surface area contributed by atoms with E-state index in [1.54, 1.807) is 12.4 Å². The molecule has 1 aromatic heterocycles. The van der Waals surface area contributed by atoms with E-state index in [2.05, 4.69) is 5.10 Å². The van der Waals surface area contributed by atoms with Crippen LogP contribution < -0.4 is 10.5 Å². The second-order valence-corrected chi connectivity index (χ2v) is 3.51. The molecule has 0 amide bonds. The van der Waals surface area contributed by atoms with Gasteiger partial charge in [-0.1, -0.05) is 0 Å². The number of aryl methyl sites for hydroxylation is 1. The molecule has 5 heteroatoms. The second kappa shape index (κ2) is 3.84. The van der Waals surface area contributed by atoms with Crippen LogP contribution in [0.25, 0.3) is 5.69 Å². The molecule has 2 N–H and O–H groups in total. The van der Waals surface area contributed by atoms with Crippen molar-refractivity contribution in [1.29, 1.82) is 0 Å². The third-order valence-electron chi connectivity index (χ3n) is 2.26. The van der Waals surface area contributed by atoms with Gasteiger partial charge in [-0.2, -0.15) is 5.10 Å². The monoisotopic (exact) mass is 221 g/mol. The van der Waals surface area contributed by atoms with E-state index in [0.29, 0.717) is 11.4 Å². The number of hydrogen-bond donors (Lipinski definition) is 1. The first-order chi connectivity index (χ1) is 7.61. The van der Waals surface area contributed by atoms with Gasteiger partial charge in [-0.25, -0.2) is 9.07 Å². The number of hydrogen-bond acceptors (Lipinski definition) is 3. The molecule has 84 valence electrons. The van der Waals surface area contributed by atoms with E-state index in [1.165, 1.54) is 23.9 Å². The zero-order chi connectivity index (χ0) is 11.7. The highest BCUT2D eigenvalue weighted by Gasteiger charge is 2.10. The molecule has 16 heavy (non-hydrogen) atoms. The van der Waals surface area contributed by atoms with Crippen molar-refractivity contribution in [3.63, 3.8) is 0 Å². The van der Waals surface area contributed by atoms with Gasteiger partial charge in [-0.15, -0.1) is 0 Å². The second-order valence-electron chi connectivity index (χ2n) is 3.51. The maximum Gasteiger partial charge on any atom is 0.151 e. The number of nitrogen functional groups attached to an aromatic ring is 1. The molecular weight excluding hydrogens is 209 g/mol. The number of nitrogens with zero attached hydrogens (tertiary/aromatic N) is 2. The smallest absolute Gasteiger partial charge is 0.151 e. The Morgan fingerprint density at radius 2 is 2.19 bits per heavy atom. The van der Waals surface area contributed by atoms with Gasteiger partial charge in [0.05, 0.1) is 19.0 Å². The van der Waals surface area contributed by atoms with E-state index in [0.717, 1.165) is 5.56 Å². The summed E-state index contributed by atoms with van der Waals surface area (Å²) in [6, 6.07) is 2.75. The van der Waals surface area contributed by atoms with Crippen LogP contribution in [0.4, 0.5) is 10.1 Å². The minimum atomic E-state index is -0.429. The molecule has 0 spiro atoms. The molecule has 2 rings (SSSR count). The molecule has 0 bridgehead atoms. The standard InChI is InChI=1S/C11H12FN3O/c1-7-5-14-15(6-7)10-4-11(16-2)9(13)3-8(10)12/h3-6H,13H2,1-2H3. The normalized spacial score (nSPS) is 10.4. The van der Waals surface area contributed by atoms with Crippen LogP contribution in [0.15, 0.2) is 24.5 Å². The number of aromatic nitrogens is 2. The lowest BCUT2D eigenvalue weighted by Gasteiger charge is -2.08. The summed E-state index contributed by atoms with van der Waals surface area (Å²) >= 11 is 0. The lowest BCUT2D eigenvalue weighted by molar-refractivity contribution is 0.415. The number of methoxy groups -OCH3 is 1. The van der Waals surface area contributed by atoms with E-state index >= 15 is 0 Å². The van der Waals surface area contributed by atoms with Crippen LogP contribution in [0.1, 0.15) is 5.56 Å². The first-order valence-electron chi connectivity index (χ1n) is 4.76. The Kier molecular flexibility index (Phi) is 2.52. The fourth-order valence-electron chi connectivity index (χ4n) is 1.45. The largest absolute Gasteiger partial charge is 0.495 e. The molecule has 0 saturated carbocycles. The van der Waals surface area contributed by atoms with Gasteiger partial charge >= 0.3 is 0 Å². The van der Waals surface area contributed by atoms with Gasteiger partial charge in [-0.3, -0.25) is 0 Å². The Hall–Kier alpha value is -2.04. The third-order valence-corrected chi connectivity index (χ3v) is 2.26. The molecule has 0 fully saturated rings. The van der Waals surface area contributed by atoms with Gasteiger partial charge in [0.15, 0.2) is 5.82 Å². The van der Waals surface area contributed by atoms with Crippen LogP contribution in [-0.2, 0) is 0 Å². The molecule has 0 aliphatic heterocycles. The first kappa shape index (κ1) is 10.5. The lowest BCUT2D eigenvalue weighted by atomic mass is 10.2. The minimum Gasteiger partial charge on any atom is -0.495 e. The van der Waals surface area contributed by atoms with Crippen molar-refractivity contribution in [3.8, 4) is 11.4 Å². The molecule has 0 saturated heterocycles. The van der Waals surface area contributed by atoms with Crippen molar-refractivity contribution in [2.24, 2.45) is 0 Å². The van der Waals surface area contributed by atoms with E-state index in [4.69, 9.17) is 10.5 Å². The first-order valence-corrected chi connectivity index (χ1v) is 4.76. The van der Waals surface area contributed by atoms with Crippen molar-refractivity contribution in [2.75, 3.05) is 12.8 Å². The highest BCUT2D eigenvalue weighted by atomic mass is 19.1. The Morgan fingerprint density at radius 3 is 2.75 bits per heavy atom. The number of benzene rings is 1. The zero-order valence-corrected chi connectivity index (χ0v) is 9.07. The molecule has 0 atom stereocenters. The molecular formula is C11H12FN3O. The van der Waals surface area contributed by atoms with Crippen molar-refractivity contribution < 1.29 is 9.13 Å². The van der Waals surface area contributed by atoms with Crippen molar-refractivity contribution >= 4 is 5.69 Å². The third kappa shape index (κ3) is 1.71. The quantitative estimate of drug-likeness (QED) is 0.788. The summed E-state index contributed by atoms with van der Waals surface area (Å²) in [6.07, 6.45) is 3.39. The zero-order valence-electron chi connectivity index (χ0n) is 9.07. The van der Waals surface area contributed by atoms with Crippen molar-refractivity contribution in [1.82, 2.24) is 9.78 Å². The van der Waals surface area contributed by atoms with E-state index in [-0.39, 0.29) is 5.69 Å². The van der Waals surface area contributed by atoms with Crippen molar-refractivity contribution in [2.45, 2.75) is 6.92 Å². The molecule has 1 aromatic carbocycles. The van der Waals surface area contributed by atoms with Gasteiger partial charge < -0.3 is 10.5 Å². The molecule has 0 unspecified atom stereocenters. The van der Waals surface area contributed by atoms with E-state index < -0.39 is 5.82 Å². The molecule has 0 aliphatic rings. The maximum atomic E-state index is 13.7. The maximum absolute atomic E-state index is 13.7. The molecule has 0 radical (unpaired) electrons. The number of nitrogens with two attached hydrogens (primary N) is 1. The van der Waals surface area contributed by atoms with Crippen LogP contribution in [0.3, 0.4) is 0 Å². The van der Waals surface area contributed by atoms with Crippen LogP contribution >= 0.6 is 0 Å². The predicted octanol–water partition coefficient (Wildman–Crippen LogP) is 1.91. The van der Waals surface area contributed by atoms with Crippen LogP contribution in [-0.4, -0.2) is 16.9 Å². The number of anilines is 1. The molecule has 0 aliphatic carbocycles. The highest BCUT2D eigenvalue weighted by Crippen LogP contribution is 2.26. The van der Waals surface area contributed by atoms with Gasteiger partial charge in [0.1, 0.15) is 11.4 Å². The predicted molar refractivity (Wildman–Crippen MR) is 59.2 cm³/mol. The summed E-state index contributed by atoms with van der Waals surface area (Å²) in [5.41, 5.74) is 7.13. The fourth-order valence-corrected chi connectivity index (χ4v) is 1.45. The Balaban J connectivity index is 2.56. The highest BCUT2D eigenvalue weighted by molar-refractivity contribution is 5.58. The summed E-state index contributed by atoms with van der Waals surface area (Å²) in [7, 11) is 1.49. The number of ether oxygens (including phenoxy) is 1. The molecule has 2 aromatic rings. The van der Waals surface area contributed by atoms with Crippen LogP contribution in [0.2, 0.25) is 0 Å². The summed E-state index contributed by atoms with van der Waals surface area (Å²) < 4.78 is 20.2. The van der Waals surface area contributed by atoms with E-state index in [9.17, 15) is 4.39 Å². The average Bonchev–Trinajstić information content (AvgIpc) is 2.65. The number of rotatable bonds is 2. The van der Waals surface area contributed by atoms with Gasteiger partial charge in [0.2, 0.25) is 0 Å². The summed E-state index contributed by atoms with van der Waals surface area (Å²) in [5.74, 6) is 0.00551. The SMILES string of the molecule is COc1cc(-n2cc(C)cn2)c(F)cc1N. The number of halogens is 1. The topological polar surface area (TPSA) is 53.1 Å². The summed E-state index contributed by atoms with van der Waals surface area (Å²) in [5, 5.41) is 4.03. The van der Waals surface area contributed by atoms with E-state index in [1.807, 2.05) is 6.92 Å². The van der Waals surface area contributed by atoms with Gasteiger partial charge in [0, 0.05) is 18.3 Å². The average molecular weight is 221 g/mol. The Labute approximate surface area is 92.4 Å². The van der Waals surface area contributed by atoms with Gasteiger partial charge in [0.25, 0.3) is 0 Å². The molecule has 1 heterocycles. The van der Waals surface area contributed by atoms with Crippen LogP contribution in [0.5, 0.6) is 5.75 Å². The summed E-state index contributed by atoms with van der Waals surface area (Å²) in [6.45, 7) is 1.88. The van der Waals surface area contributed by atoms with Gasteiger partial charge in [-0.05, 0) is 12.5 Å². The Bertz CT molecular complexity index is 522. The fraction of sp³-hybridized carbons (Fsp3) is 0.182. The molecule has 4 nitrogen and oxygen atoms in total. The Morgan fingerprint density at radius 1 is 1.44 bits per heavy atom. The lowest BCUT2D eigenvalue weighted by Crippen LogP contribution is -2.01. The summed E-state index contributed by atoms with van der Waals surface area (Å²) in [4.78, 5) is 0.